The van der Waals surface area contributed by atoms with Gasteiger partial charge in [0.05, 0.1) is 6.61 Å². The maximum absolute atomic E-state index is 11.8. The smallest absolute Gasteiger partial charge is 0.223 e. The van der Waals surface area contributed by atoms with Crippen molar-refractivity contribution in [2.24, 2.45) is 11.3 Å². The van der Waals surface area contributed by atoms with E-state index in [-0.39, 0.29) is 11.3 Å². The zero-order valence-corrected chi connectivity index (χ0v) is 10.6. The Bertz CT molecular complexity index is 272. The van der Waals surface area contributed by atoms with Crippen LogP contribution in [-0.2, 0) is 9.53 Å². The molecule has 0 unspecified atom stereocenters. The van der Waals surface area contributed by atoms with Crippen molar-refractivity contribution in [2.45, 2.75) is 25.7 Å². The molecule has 0 aromatic rings. The lowest BCUT2D eigenvalue weighted by atomic mass is 9.82. The molecule has 2 rings (SSSR count). The number of hydrogen-bond donors (Lipinski definition) is 0. The van der Waals surface area contributed by atoms with E-state index in [2.05, 4.69) is 0 Å². The highest BCUT2D eigenvalue weighted by Crippen LogP contribution is 2.48. The Kier molecular flexibility index (Phi) is 3.75. The van der Waals surface area contributed by atoms with Crippen LogP contribution in [0.3, 0.4) is 0 Å². The highest BCUT2D eigenvalue weighted by molar-refractivity contribution is 6.18. The SMILES string of the molecule is COC[C@]12CCC[C@@H]1CN(C(=O)CCCl)C2. The Labute approximate surface area is 102 Å². The average molecular weight is 246 g/mol. The van der Waals surface area contributed by atoms with Crippen LogP contribution in [0.5, 0.6) is 0 Å². The van der Waals surface area contributed by atoms with Crippen LogP contribution < -0.4 is 0 Å². The molecule has 1 aliphatic heterocycles. The van der Waals surface area contributed by atoms with Crippen molar-refractivity contribution < 1.29 is 9.53 Å². The van der Waals surface area contributed by atoms with Gasteiger partial charge in [-0.25, -0.2) is 0 Å². The van der Waals surface area contributed by atoms with Crippen molar-refractivity contribution in [2.75, 3.05) is 32.7 Å². The van der Waals surface area contributed by atoms with Gasteiger partial charge in [0.1, 0.15) is 0 Å². The molecular formula is C12H20ClNO2. The second-order valence-corrected chi connectivity index (χ2v) is 5.48. The number of halogens is 1. The van der Waals surface area contributed by atoms with E-state index in [4.69, 9.17) is 16.3 Å². The van der Waals surface area contributed by atoms with Crippen LogP contribution in [0.15, 0.2) is 0 Å². The number of hydrogen-bond acceptors (Lipinski definition) is 2. The van der Waals surface area contributed by atoms with Gasteiger partial charge in [-0.1, -0.05) is 6.42 Å². The number of carbonyl (C=O) groups excluding carboxylic acids is 1. The largest absolute Gasteiger partial charge is 0.384 e. The normalized spacial score (nSPS) is 33.1. The molecule has 0 spiro atoms. The first-order chi connectivity index (χ1) is 7.72. The van der Waals surface area contributed by atoms with Crippen molar-refractivity contribution in [1.29, 1.82) is 0 Å². The van der Waals surface area contributed by atoms with Gasteiger partial charge in [-0.3, -0.25) is 4.79 Å². The van der Waals surface area contributed by atoms with Gasteiger partial charge < -0.3 is 9.64 Å². The van der Waals surface area contributed by atoms with Crippen molar-refractivity contribution in [3.63, 3.8) is 0 Å². The van der Waals surface area contributed by atoms with Gasteiger partial charge in [-0.15, -0.1) is 11.6 Å². The van der Waals surface area contributed by atoms with Gasteiger partial charge in [0.25, 0.3) is 0 Å². The van der Waals surface area contributed by atoms with Crippen LogP contribution in [-0.4, -0.2) is 43.5 Å². The molecule has 2 aliphatic rings. The molecule has 0 aromatic carbocycles. The molecule has 0 aromatic heterocycles. The molecule has 0 N–H and O–H groups in total. The number of methoxy groups -OCH3 is 1. The van der Waals surface area contributed by atoms with Crippen LogP contribution >= 0.6 is 11.6 Å². The van der Waals surface area contributed by atoms with E-state index >= 15 is 0 Å². The van der Waals surface area contributed by atoms with E-state index < -0.39 is 0 Å². The second-order valence-electron chi connectivity index (χ2n) is 5.10. The lowest BCUT2D eigenvalue weighted by molar-refractivity contribution is -0.130. The fourth-order valence-corrected chi connectivity index (χ4v) is 3.53. The maximum Gasteiger partial charge on any atom is 0.223 e. The predicted octanol–water partition coefficient (Wildman–Crippen LogP) is 1.89. The number of amides is 1. The van der Waals surface area contributed by atoms with Crippen LogP contribution in [0.4, 0.5) is 0 Å². The lowest BCUT2D eigenvalue weighted by Gasteiger charge is -2.27. The summed E-state index contributed by atoms with van der Waals surface area (Å²) < 4.78 is 5.35. The topological polar surface area (TPSA) is 29.5 Å². The van der Waals surface area contributed by atoms with Gasteiger partial charge in [0.15, 0.2) is 0 Å². The molecule has 1 aliphatic carbocycles. The second kappa shape index (κ2) is 4.92. The molecular weight excluding hydrogens is 226 g/mol. The minimum absolute atomic E-state index is 0.208. The molecule has 1 heterocycles. The highest BCUT2D eigenvalue weighted by atomic mass is 35.5. The monoisotopic (exact) mass is 245 g/mol. The summed E-state index contributed by atoms with van der Waals surface area (Å²) in [5, 5.41) is 0. The summed E-state index contributed by atoms with van der Waals surface area (Å²) in [6.07, 6.45) is 4.20. The van der Waals surface area contributed by atoms with Crippen LogP contribution in [0.25, 0.3) is 0 Å². The third-order valence-corrected chi connectivity index (χ3v) is 4.32. The average Bonchev–Trinajstić information content (AvgIpc) is 2.74. The zero-order valence-electron chi connectivity index (χ0n) is 9.88. The molecule has 92 valence electrons. The zero-order chi connectivity index (χ0) is 11.6. The van der Waals surface area contributed by atoms with Crippen LogP contribution in [0.2, 0.25) is 0 Å². The molecule has 1 saturated carbocycles. The number of rotatable bonds is 4. The molecule has 1 saturated heterocycles. The van der Waals surface area contributed by atoms with Crippen molar-refractivity contribution in [3.8, 4) is 0 Å². The third kappa shape index (κ3) is 2.07. The van der Waals surface area contributed by atoms with Crippen molar-refractivity contribution in [3.05, 3.63) is 0 Å². The van der Waals surface area contributed by atoms with E-state index in [1.165, 1.54) is 19.3 Å². The van der Waals surface area contributed by atoms with Gasteiger partial charge in [0.2, 0.25) is 5.91 Å². The van der Waals surface area contributed by atoms with E-state index in [0.717, 1.165) is 19.7 Å². The van der Waals surface area contributed by atoms with Gasteiger partial charge in [-0.2, -0.15) is 0 Å². The van der Waals surface area contributed by atoms with E-state index in [1.54, 1.807) is 7.11 Å². The number of nitrogens with zero attached hydrogens (tertiary/aromatic N) is 1. The van der Waals surface area contributed by atoms with E-state index in [9.17, 15) is 4.79 Å². The quantitative estimate of drug-likeness (QED) is 0.708. The fraction of sp³-hybridized carbons (Fsp3) is 0.917. The summed E-state index contributed by atoms with van der Waals surface area (Å²) in [4.78, 5) is 13.8. The number of fused-ring (bicyclic) bond motifs is 1. The molecule has 4 heteroatoms. The highest BCUT2D eigenvalue weighted by Gasteiger charge is 2.50. The molecule has 0 bridgehead atoms. The van der Waals surface area contributed by atoms with Gasteiger partial charge in [0, 0.05) is 37.9 Å². The number of likely N-dealkylation sites (tertiary alicyclic amines) is 1. The number of ether oxygens (including phenoxy) is 1. The van der Waals surface area contributed by atoms with E-state index in [1.807, 2.05) is 4.90 Å². The van der Waals surface area contributed by atoms with Crippen LogP contribution in [0.1, 0.15) is 25.7 Å². The maximum atomic E-state index is 11.8. The Morgan fingerprint density at radius 3 is 3.12 bits per heavy atom. The first-order valence-electron chi connectivity index (χ1n) is 6.04. The Balaban J connectivity index is 2.01. The van der Waals surface area contributed by atoms with Gasteiger partial charge in [-0.05, 0) is 18.8 Å². The third-order valence-electron chi connectivity index (χ3n) is 4.13. The summed E-state index contributed by atoms with van der Waals surface area (Å²) in [5.74, 6) is 1.28. The summed E-state index contributed by atoms with van der Waals surface area (Å²) in [5.41, 5.74) is 0.247. The molecule has 1 amide bonds. The lowest BCUT2D eigenvalue weighted by Crippen LogP contribution is -2.34. The van der Waals surface area contributed by atoms with Crippen molar-refractivity contribution in [1.82, 2.24) is 4.90 Å². The predicted molar refractivity (Wildman–Crippen MR) is 63.6 cm³/mol. The van der Waals surface area contributed by atoms with Crippen molar-refractivity contribution >= 4 is 17.5 Å². The minimum Gasteiger partial charge on any atom is -0.384 e. The van der Waals surface area contributed by atoms with Gasteiger partial charge >= 0.3 is 0 Å². The number of carbonyl (C=O) groups is 1. The molecule has 16 heavy (non-hydrogen) atoms. The van der Waals surface area contributed by atoms with E-state index in [0.29, 0.717) is 18.2 Å². The Morgan fingerprint density at radius 2 is 2.44 bits per heavy atom. The molecule has 0 radical (unpaired) electrons. The first kappa shape index (κ1) is 12.2. The summed E-state index contributed by atoms with van der Waals surface area (Å²) in [6.45, 7) is 2.59. The number of alkyl halides is 1. The summed E-state index contributed by atoms with van der Waals surface area (Å²) in [6, 6.07) is 0. The molecule has 2 fully saturated rings. The minimum atomic E-state index is 0.208. The summed E-state index contributed by atoms with van der Waals surface area (Å²) in [7, 11) is 1.76. The molecule has 2 atom stereocenters. The van der Waals surface area contributed by atoms with Crippen LogP contribution in [0, 0.1) is 11.3 Å². The Morgan fingerprint density at radius 1 is 1.62 bits per heavy atom. The standard InChI is InChI=1S/C12H20ClNO2/c1-16-9-12-5-2-3-10(12)7-14(8-12)11(15)4-6-13/h10H,2-9H2,1H3/t10-,12-/m1/s1. The Hall–Kier alpha value is -0.280. The molecule has 3 nitrogen and oxygen atoms in total. The summed E-state index contributed by atoms with van der Waals surface area (Å²) >= 11 is 5.62. The fourth-order valence-electron chi connectivity index (χ4n) is 3.37. The first-order valence-corrected chi connectivity index (χ1v) is 6.58.